The molecule has 2 nitrogen and oxygen atoms in total. The molecular weight excluding hydrogens is 214 g/mol. The van der Waals surface area contributed by atoms with Crippen molar-refractivity contribution in [1.29, 1.82) is 0 Å². The second-order valence-corrected chi connectivity index (χ2v) is 3.51. The highest BCUT2D eigenvalue weighted by Gasteiger charge is 2.15. The predicted octanol–water partition coefficient (Wildman–Crippen LogP) is 0.351. The quantitative estimate of drug-likeness (QED) is 0.670. The first-order valence-electron chi connectivity index (χ1n) is 3.03. The highest BCUT2D eigenvalue weighted by Crippen LogP contribution is 2.04. The summed E-state index contributed by atoms with van der Waals surface area (Å²) in [6, 6.07) is 4.95. The molecule has 0 aromatic heterocycles. The molecule has 0 radical (unpaired) electrons. The van der Waals surface area contributed by atoms with Gasteiger partial charge in [-0.05, 0) is 12.1 Å². The third-order valence-corrected chi connectivity index (χ3v) is 1.82. The summed E-state index contributed by atoms with van der Waals surface area (Å²) in [6.07, 6.45) is 0. The summed E-state index contributed by atoms with van der Waals surface area (Å²) in [4.78, 5) is 0. The molecule has 60 valence electrons. The molecule has 5 heteroatoms. The first-order valence-corrected chi connectivity index (χ1v) is 3.95. The van der Waals surface area contributed by atoms with Crippen molar-refractivity contribution < 1.29 is 14.4 Å². The second-order valence-electron chi connectivity index (χ2n) is 2.23. The highest BCUT2D eigenvalue weighted by atomic mass is 79.9. The van der Waals surface area contributed by atoms with Gasteiger partial charge in [-0.1, -0.05) is 12.1 Å². The van der Waals surface area contributed by atoms with Gasteiger partial charge in [-0.15, -0.1) is 5.46 Å². The number of halogens is 2. The topological polar surface area (TPSA) is 40.5 Å². The zero-order valence-corrected chi connectivity index (χ0v) is 7.12. The van der Waals surface area contributed by atoms with Crippen LogP contribution in [0.4, 0.5) is 4.39 Å². The Hall–Kier alpha value is -0.385. The largest absolute Gasteiger partial charge is 0.570 e. The first kappa shape index (κ1) is 8.71. The summed E-state index contributed by atoms with van der Waals surface area (Å²) in [7, 11) is 0. The standard InChI is InChI=1S/C6H6BBrFO2/c8-7(10,11)5-1-3-6(9)4-2-5/h1-4,10-11H/q-1. The van der Waals surface area contributed by atoms with Crippen molar-refractivity contribution in [2.45, 2.75) is 0 Å². The molecule has 0 atom stereocenters. The van der Waals surface area contributed by atoms with Crippen LogP contribution in [-0.2, 0) is 0 Å². The van der Waals surface area contributed by atoms with E-state index < -0.39 is 11.2 Å². The van der Waals surface area contributed by atoms with Gasteiger partial charge in [-0.25, -0.2) is 4.39 Å². The molecule has 0 bridgehead atoms. The van der Waals surface area contributed by atoms with E-state index in [0.29, 0.717) is 0 Å². The van der Waals surface area contributed by atoms with E-state index in [2.05, 4.69) is 15.8 Å². The Morgan fingerprint density at radius 2 is 1.64 bits per heavy atom. The minimum atomic E-state index is -2.67. The van der Waals surface area contributed by atoms with Crippen LogP contribution in [0.5, 0.6) is 0 Å². The number of rotatable bonds is 1. The van der Waals surface area contributed by atoms with Crippen LogP contribution >= 0.6 is 15.8 Å². The van der Waals surface area contributed by atoms with E-state index in [4.69, 9.17) is 10.0 Å². The lowest BCUT2D eigenvalue weighted by Gasteiger charge is -2.20. The fraction of sp³-hybridized carbons (Fsp3) is 0. The van der Waals surface area contributed by atoms with Gasteiger partial charge in [-0.3, -0.25) is 15.8 Å². The maximum absolute atomic E-state index is 12.3. The monoisotopic (exact) mass is 219 g/mol. The second kappa shape index (κ2) is 2.93. The van der Waals surface area contributed by atoms with Crippen molar-refractivity contribution in [3.05, 3.63) is 30.1 Å². The summed E-state index contributed by atoms with van der Waals surface area (Å²) in [5.41, 5.74) is 0.256. The van der Waals surface area contributed by atoms with Gasteiger partial charge in [0.2, 0.25) is 0 Å². The van der Waals surface area contributed by atoms with Crippen LogP contribution in [0.2, 0.25) is 0 Å². The third-order valence-electron chi connectivity index (χ3n) is 1.29. The third kappa shape index (κ3) is 2.29. The molecule has 0 unspecified atom stereocenters. The molecule has 0 spiro atoms. The molecule has 0 saturated heterocycles. The molecule has 0 saturated carbocycles. The van der Waals surface area contributed by atoms with Gasteiger partial charge >= 0.3 is 5.38 Å². The van der Waals surface area contributed by atoms with E-state index in [1.54, 1.807) is 0 Å². The van der Waals surface area contributed by atoms with E-state index in [-0.39, 0.29) is 5.46 Å². The molecule has 0 aliphatic heterocycles. The minimum Gasteiger partial charge on any atom is -0.570 e. The number of benzene rings is 1. The molecule has 0 aliphatic rings. The van der Waals surface area contributed by atoms with Crippen molar-refractivity contribution in [1.82, 2.24) is 0 Å². The van der Waals surface area contributed by atoms with Gasteiger partial charge in [-0.2, -0.15) is 0 Å². The van der Waals surface area contributed by atoms with E-state index in [0.717, 1.165) is 0 Å². The molecule has 1 aromatic rings. The van der Waals surface area contributed by atoms with Crippen LogP contribution in [-0.4, -0.2) is 15.4 Å². The van der Waals surface area contributed by atoms with Crippen molar-refractivity contribution in [2.24, 2.45) is 0 Å². The Bertz CT molecular complexity index is 244. The van der Waals surface area contributed by atoms with Crippen molar-refractivity contribution in [2.75, 3.05) is 0 Å². The fourth-order valence-electron chi connectivity index (χ4n) is 0.708. The van der Waals surface area contributed by atoms with E-state index >= 15 is 0 Å². The average Bonchev–Trinajstić information content (AvgIpc) is 1.86. The molecular formula is C6H6BBrFO2-. The van der Waals surface area contributed by atoms with E-state index in [9.17, 15) is 4.39 Å². The highest BCUT2D eigenvalue weighted by molar-refractivity contribution is 9.25. The van der Waals surface area contributed by atoms with Crippen LogP contribution in [0.3, 0.4) is 0 Å². The SMILES string of the molecule is O[B-](O)(Br)c1ccc(F)cc1. The maximum Gasteiger partial charge on any atom is 0.331 e. The smallest absolute Gasteiger partial charge is 0.331 e. The van der Waals surface area contributed by atoms with Crippen LogP contribution in [0, 0.1) is 5.82 Å². The van der Waals surface area contributed by atoms with Gasteiger partial charge < -0.3 is 10.0 Å². The molecule has 0 heterocycles. The first-order chi connectivity index (χ1) is 5.00. The summed E-state index contributed by atoms with van der Waals surface area (Å²) in [5.74, 6) is -0.402. The van der Waals surface area contributed by atoms with Crippen molar-refractivity contribution in [3.8, 4) is 0 Å². The minimum absolute atomic E-state index is 0.256. The normalized spacial score (nSPS) is 11.6. The molecule has 11 heavy (non-hydrogen) atoms. The van der Waals surface area contributed by atoms with Gasteiger partial charge in [0.05, 0.1) is 0 Å². The predicted molar refractivity (Wildman–Crippen MR) is 45.2 cm³/mol. The number of hydrogen-bond acceptors (Lipinski definition) is 2. The van der Waals surface area contributed by atoms with Crippen molar-refractivity contribution in [3.63, 3.8) is 0 Å². The average molecular weight is 220 g/mol. The molecule has 0 fully saturated rings. The van der Waals surface area contributed by atoms with Crippen LogP contribution in [0.1, 0.15) is 0 Å². The molecule has 0 aliphatic carbocycles. The maximum atomic E-state index is 12.3. The Morgan fingerprint density at radius 3 is 2.00 bits per heavy atom. The molecule has 2 N–H and O–H groups in total. The van der Waals surface area contributed by atoms with Gasteiger partial charge in [0.1, 0.15) is 5.82 Å². The molecule has 0 amide bonds. The lowest BCUT2D eigenvalue weighted by Crippen LogP contribution is -2.41. The van der Waals surface area contributed by atoms with Crippen molar-refractivity contribution >= 4 is 26.6 Å². The van der Waals surface area contributed by atoms with Gasteiger partial charge in [0.25, 0.3) is 0 Å². The Morgan fingerprint density at radius 1 is 1.18 bits per heavy atom. The van der Waals surface area contributed by atoms with Gasteiger partial charge in [0.15, 0.2) is 0 Å². The van der Waals surface area contributed by atoms with Crippen LogP contribution in [0.25, 0.3) is 0 Å². The Balaban J connectivity index is 2.99. The van der Waals surface area contributed by atoms with Gasteiger partial charge in [0, 0.05) is 0 Å². The summed E-state index contributed by atoms with van der Waals surface area (Å²) in [6.45, 7) is 0. The van der Waals surface area contributed by atoms with Crippen LogP contribution in [0.15, 0.2) is 24.3 Å². The zero-order valence-electron chi connectivity index (χ0n) is 5.54. The fourth-order valence-corrected chi connectivity index (χ4v) is 1.01. The lowest BCUT2D eigenvalue weighted by molar-refractivity contribution is 0.417. The number of hydrogen-bond donors (Lipinski definition) is 2. The van der Waals surface area contributed by atoms with E-state index in [1.165, 1.54) is 24.3 Å². The van der Waals surface area contributed by atoms with E-state index in [1.807, 2.05) is 0 Å². The van der Waals surface area contributed by atoms with Crippen LogP contribution < -0.4 is 5.46 Å². The molecule has 1 rings (SSSR count). The lowest BCUT2D eigenvalue weighted by atomic mass is 9.80. The summed E-state index contributed by atoms with van der Waals surface area (Å²) in [5, 5.41) is 15.3. The summed E-state index contributed by atoms with van der Waals surface area (Å²) >= 11 is 2.66. The summed E-state index contributed by atoms with van der Waals surface area (Å²) < 4.78 is 12.3. The molecule has 1 aromatic carbocycles. The zero-order chi connectivity index (χ0) is 8.48. The Labute approximate surface area is 71.6 Å². The Kier molecular flexibility index (Phi) is 2.32.